The zero-order valence-corrected chi connectivity index (χ0v) is 14.9. The van der Waals surface area contributed by atoms with Crippen LogP contribution in [0.4, 0.5) is 4.39 Å². The van der Waals surface area contributed by atoms with Crippen LogP contribution >= 0.6 is 69.6 Å². The van der Waals surface area contributed by atoms with E-state index in [0.29, 0.717) is 5.02 Å². The number of halogens is 7. The number of nitrogens with zero attached hydrogens (tertiary/aromatic N) is 2. The van der Waals surface area contributed by atoms with Crippen LogP contribution in [-0.4, -0.2) is 17.7 Å². The van der Waals surface area contributed by atoms with Gasteiger partial charge in [0.05, 0.1) is 15.7 Å². The van der Waals surface area contributed by atoms with E-state index >= 15 is 0 Å². The summed E-state index contributed by atoms with van der Waals surface area (Å²) in [7, 11) is -2.49. The van der Waals surface area contributed by atoms with Crippen molar-refractivity contribution in [1.82, 2.24) is 9.55 Å². The maximum atomic E-state index is 13.3. The molecule has 2 aromatic rings. The van der Waals surface area contributed by atoms with E-state index in [0.717, 1.165) is 6.33 Å². The summed E-state index contributed by atoms with van der Waals surface area (Å²) in [6, 6.07) is 2.86. The van der Waals surface area contributed by atoms with Gasteiger partial charge >= 0.3 is 3.92 Å². The molecule has 11 heteroatoms. The van der Waals surface area contributed by atoms with Crippen LogP contribution in [-0.2, 0) is 10.8 Å². The molecule has 0 amide bonds. The number of hydrogen-bond acceptors (Lipinski definition) is 2. The SMILES string of the molecule is O=S(c1ncn(-c2c(Cl)cc(Cl)cc2Cl)c1Cl)C(F)(Cl)Cl. The van der Waals surface area contributed by atoms with Crippen molar-refractivity contribution in [3.63, 3.8) is 0 Å². The molecule has 1 unspecified atom stereocenters. The first-order chi connectivity index (χ1) is 9.62. The molecule has 1 aromatic heterocycles. The molecule has 0 aliphatic heterocycles. The van der Waals surface area contributed by atoms with E-state index in [2.05, 4.69) is 4.98 Å². The summed E-state index contributed by atoms with van der Waals surface area (Å²) in [5.41, 5.74) is 0.247. The minimum atomic E-state index is -3.03. The first-order valence-electron chi connectivity index (χ1n) is 4.99. The average molecular weight is 431 g/mol. The zero-order chi connectivity index (χ0) is 15.9. The quantitative estimate of drug-likeness (QED) is 0.589. The number of alkyl halides is 3. The Balaban J connectivity index is 2.59. The van der Waals surface area contributed by atoms with Crippen LogP contribution in [0.1, 0.15) is 0 Å². The largest absolute Gasteiger partial charge is 0.338 e. The second-order valence-electron chi connectivity index (χ2n) is 3.64. The van der Waals surface area contributed by atoms with Gasteiger partial charge in [0.25, 0.3) is 0 Å². The first kappa shape index (κ1) is 17.6. The van der Waals surface area contributed by atoms with Crippen LogP contribution in [0, 0.1) is 0 Å². The molecule has 0 bridgehead atoms. The highest BCUT2D eigenvalue weighted by atomic mass is 35.5. The van der Waals surface area contributed by atoms with Gasteiger partial charge < -0.3 is 0 Å². The van der Waals surface area contributed by atoms with Crippen molar-refractivity contribution in [2.24, 2.45) is 0 Å². The van der Waals surface area contributed by atoms with Gasteiger partial charge in [0, 0.05) is 5.02 Å². The van der Waals surface area contributed by atoms with Gasteiger partial charge in [-0.3, -0.25) is 4.57 Å². The van der Waals surface area contributed by atoms with Gasteiger partial charge in [-0.25, -0.2) is 9.19 Å². The van der Waals surface area contributed by atoms with Crippen LogP contribution in [0.25, 0.3) is 5.69 Å². The molecule has 0 fully saturated rings. The van der Waals surface area contributed by atoms with Crippen molar-refractivity contribution >= 4 is 80.4 Å². The summed E-state index contributed by atoms with van der Waals surface area (Å²) in [6.45, 7) is 0. The lowest BCUT2D eigenvalue weighted by atomic mass is 10.3. The Labute approximate surface area is 151 Å². The number of benzene rings is 1. The Morgan fingerprint density at radius 2 is 1.67 bits per heavy atom. The molecule has 1 atom stereocenters. The number of rotatable bonds is 3. The summed E-state index contributed by atoms with van der Waals surface area (Å²) in [5.74, 6) is 0. The van der Waals surface area contributed by atoms with E-state index in [-0.39, 0.29) is 25.9 Å². The highest BCUT2D eigenvalue weighted by Gasteiger charge is 2.36. The minimum absolute atomic E-state index is 0.174. The Bertz CT molecular complexity index is 706. The minimum Gasteiger partial charge on any atom is -0.286 e. The van der Waals surface area contributed by atoms with Crippen molar-refractivity contribution in [2.75, 3.05) is 0 Å². The fraction of sp³-hybridized carbons (Fsp3) is 0.100. The van der Waals surface area contributed by atoms with E-state index in [4.69, 9.17) is 69.6 Å². The predicted octanol–water partition coefficient (Wildman–Crippen LogP) is 5.65. The lowest BCUT2D eigenvalue weighted by Gasteiger charge is -2.10. The van der Waals surface area contributed by atoms with Gasteiger partial charge in [-0.2, -0.15) is 4.39 Å². The Kier molecular flexibility index (Phi) is 5.36. The Hall–Kier alpha value is 0.250. The molecule has 1 aromatic carbocycles. The first-order valence-corrected chi connectivity index (χ1v) is 8.41. The fourth-order valence-corrected chi connectivity index (χ4v) is 3.91. The summed E-state index contributed by atoms with van der Waals surface area (Å²) in [6.07, 6.45) is 1.16. The summed E-state index contributed by atoms with van der Waals surface area (Å²) < 4.78 is 23.3. The molecule has 0 spiro atoms. The Morgan fingerprint density at radius 3 is 2.14 bits per heavy atom. The summed E-state index contributed by atoms with van der Waals surface area (Å²) in [5, 5.41) is 0.131. The third-order valence-electron chi connectivity index (χ3n) is 2.29. The lowest BCUT2D eigenvalue weighted by molar-refractivity contribution is 0.497. The van der Waals surface area contributed by atoms with E-state index in [9.17, 15) is 8.60 Å². The van der Waals surface area contributed by atoms with Gasteiger partial charge in [-0.15, -0.1) is 0 Å². The maximum absolute atomic E-state index is 13.3. The van der Waals surface area contributed by atoms with Crippen LogP contribution in [0.2, 0.25) is 20.2 Å². The molecule has 0 radical (unpaired) electrons. The molecular formula is C10H3Cl6FN2OS. The van der Waals surface area contributed by atoms with Gasteiger partial charge in [0.15, 0.2) is 5.03 Å². The lowest BCUT2D eigenvalue weighted by Crippen LogP contribution is -2.14. The normalized spacial score (nSPS) is 13.5. The van der Waals surface area contributed by atoms with Crippen molar-refractivity contribution in [1.29, 1.82) is 0 Å². The molecule has 0 saturated heterocycles. The molecule has 2 rings (SSSR count). The van der Waals surface area contributed by atoms with Gasteiger partial charge in [-0.05, 0) is 12.1 Å². The number of imidazole rings is 1. The third kappa shape index (κ3) is 3.61. The predicted molar refractivity (Wildman–Crippen MR) is 85.6 cm³/mol. The smallest absolute Gasteiger partial charge is 0.286 e. The van der Waals surface area contributed by atoms with Crippen LogP contribution < -0.4 is 0 Å². The summed E-state index contributed by atoms with van der Waals surface area (Å²) in [4.78, 5) is 3.73. The van der Waals surface area contributed by atoms with E-state index < -0.39 is 14.7 Å². The van der Waals surface area contributed by atoms with E-state index in [1.54, 1.807) is 0 Å². The van der Waals surface area contributed by atoms with Crippen LogP contribution in [0.3, 0.4) is 0 Å². The molecule has 0 aliphatic rings. The third-order valence-corrected chi connectivity index (χ3v) is 5.47. The van der Waals surface area contributed by atoms with Gasteiger partial charge in [-0.1, -0.05) is 69.6 Å². The van der Waals surface area contributed by atoms with Crippen molar-refractivity contribution in [3.05, 3.63) is 38.7 Å². The van der Waals surface area contributed by atoms with Gasteiger partial charge in [0.1, 0.15) is 22.3 Å². The highest BCUT2D eigenvalue weighted by Crippen LogP contribution is 2.38. The maximum Gasteiger partial charge on any atom is 0.338 e. The molecule has 114 valence electrons. The molecule has 0 saturated carbocycles. The van der Waals surface area contributed by atoms with Crippen molar-refractivity contribution in [2.45, 2.75) is 8.95 Å². The van der Waals surface area contributed by atoms with Crippen LogP contribution in [0.5, 0.6) is 0 Å². The average Bonchev–Trinajstić information content (AvgIpc) is 2.68. The second-order valence-corrected chi connectivity index (χ2v) is 8.42. The van der Waals surface area contributed by atoms with E-state index in [1.165, 1.54) is 16.7 Å². The molecule has 3 nitrogen and oxygen atoms in total. The van der Waals surface area contributed by atoms with Gasteiger partial charge in [0.2, 0.25) is 0 Å². The molecule has 0 aliphatic carbocycles. The summed E-state index contributed by atoms with van der Waals surface area (Å²) >= 11 is 34.2. The number of hydrogen-bond donors (Lipinski definition) is 0. The zero-order valence-electron chi connectivity index (χ0n) is 9.59. The Morgan fingerprint density at radius 1 is 1.14 bits per heavy atom. The molecule has 0 N–H and O–H groups in total. The molecule has 21 heavy (non-hydrogen) atoms. The number of aromatic nitrogens is 2. The second kappa shape index (κ2) is 6.40. The van der Waals surface area contributed by atoms with E-state index in [1.807, 2.05) is 0 Å². The van der Waals surface area contributed by atoms with Crippen molar-refractivity contribution in [3.8, 4) is 5.69 Å². The molecular weight excluding hydrogens is 428 g/mol. The molecule has 1 heterocycles. The fourth-order valence-electron chi connectivity index (χ4n) is 1.47. The monoisotopic (exact) mass is 428 g/mol. The highest BCUT2D eigenvalue weighted by molar-refractivity contribution is 7.89. The van der Waals surface area contributed by atoms with Crippen LogP contribution in [0.15, 0.2) is 23.5 Å². The topological polar surface area (TPSA) is 34.9 Å². The van der Waals surface area contributed by atoms with Crippen molar-refractivity contribution < 1.29 is 8.60 Å². The standard InChI is InChI=1S/C10H3Cl6FN2OS/c11-4-1-5(12)7(6(13)2-4)19-3-18-9(8(19)14)21(20)10(15,16)17/h1-3H.